The van der Waals surface area contributed by atoms with Crippen LogP contribution in [0.25, 0.3) is 10.9 Å². The van der Waals surface area contributed by atoms with E-state index in [2.05, 4.69) is 32.5 Å². The van der Waals surface area contributed by atoms with Gasteiger partial charge in [0.2, 0.25) is 0 Å². The van der Waals surface area contributed by atoms with Crippen molar-refractivity contribution in [3.8, 4) is 0 Å². The Morgan fingerprint density at radius 1 is 1.20 bits per heavy atom. The Hall–Kier alpha value is -2.80. The zero-order valence-corrected chi connectivity index (χ0v) is 17.7. The molecule has 156 valence electrons. The first-order valence-electron chi connectivity index (χ1n) is 10.6. The second-order valence-electron chi connectivity index (χ2n) is 8.95. The van der Waals surface area contributed by atoms with Crippen LogP contribution in [-0.4, -0.2) is 53.1 Å². The van der Waals surface area contributed by atoms with Crippen molar-refractivity contribution in [1.82, 2.24) is 24.4 Å². The van der Waals surface area contributed by atoms with E-state index in [1.807, 2.05) is 31.0 Å². The molecule has 30 heavy (non-hydrogen) atoms. The average Bonchev–Trinajstić information content (AvgIpc) is 3.15. The lowest BCUT2D eigenvalue weighted by molar-refractivity contribution is -0.0536. The number of piperidine rings is 1. The molecule has 2 fully saturated rings. The number of aryl methyl sites for hydroxylation is 3. The predicted molar refractivity (Wildman–Crippen MR) is 113 cm³/mol. The maximum absolute atomic E-state index is 13.3. The van der Waals surface area contributed by atoms with Crippen LogP contribution in [0.2, 0.25) is 0 Å². The molecule has 3 aromatic heterocycles. The van der Waals surface area contributed by atoms with Crippen LogP contribution in [0, 0.1) is 20.8 Å². The van der Waals surface area contributed by atoms with E-state index in [1.54, 1.807) is 12.4 Å². The Bertz CT molecular complexity index is 1120. The van der Waals surface area contributed by atoms with Gasteiger partial charge in [-0.05, 0) is 58.6 Å². The Labute approximate surface area is 175 Å². The molecular weight excluding hydrogens is 378 g/mol. The van der Waals surface area contributed by atoms with Gasteiger partial charge in [0, 0.05) is 35.6 Å². The third-order valence-electron chi connectivity index (χ3n) is 6.78. The standard InChI is InChI=1S/C23H27N5O2/c1-14-8-17-6-7-24-12-21(17)27(14)13-23(30)9-18-4-5-19(10-23)28(18)22(29)20-11-25-16(3)26-15(20)2/h6-8,11-12,18-19,30H,4-5,9-10,13H2,1-3H3. The van der Waals surface area contributed by atoms with Crippen molar-refractivity contribution < 1.29 is 9.90 Å². The van der Waals surface area contributed by atoms with Gasteiger partial charge in [-0.3, -0.25) is 9.78 Å². The molecule has 2 saturated heterocycles. The van der Waals surface area contributed by atoms with E-state index in [1.165, 1.54) is 0 Å². The number of aliphatic hydroxyl groups is 1. The molecule has 0 radical (unpaired) electrons. The molecule has 0 spiro atoms. The monoisotopic (exact) mass is 405 g/mol. The number of aromatic nitrogens is 4. The highest BCUT2D eigenvalue weighted by atomic mass is 16.3. The summed E-state index contributed by atoms with van der Waals surface area (Å²) in [5.74, 6) is 0.665. The molecule has 5 heterocycles. The minimum absolute atomic E-state index is 0.00570. The Kier molecular flexibility index (Phi) is 4.39. The molecule has 2 aliphatic heterocycles. The number of carbonyl (C=O) groups is 1. The first kappa shape index (κ1) is 19.2. The average molecular weight is 406 g/mol. The molecule has 1 N–H and O–H groups in total. The summed E-state index contributed by atoms with van der Waals surface area (Å²) in [6.45, 7) is 6.28. The van der Waals surface area contributed by atoms with Crippen molar-refractivity contribution in [2.75, 3.05) is 0 Å². The van der Waals surface area contributed by atoms with Crippen LogP contribution in [0.15, 0.2) is 30.7 Å². The third-order valence-corrected chi connectivity index (χ3v) is 6.78. The summed E-state index contributed by atoms with van der Waals surface area (Å²) in [4.78, 5) is 28.1. The van der Waals surface area contributed by atoms with Crippen molar-refractivity contribution in [3.63, 3.8) is 0 Å². The molecule has 2 bridgehead atoms. The molecule has 2 atom stereocenters. The van der Waals surface area contributed by atoms with E-state index < -0.39 is 5.60 Å². The first-order chi connectivity index (χ1) is 14.3. The molecule has 1 amide bonds. The lowest BCUT2D eigenvalue weighted by Crippen LogP contribution is -2.54. The van der Waals surface area contributed by atoms with Crippen LogP contribution in [0.3, 0.4) is 0 Å². The van der Waals surface area contributed by atoms with Gasteiger partial charge in [-0.25, -0.2) is 9.97 Å². The van der Waals surface area contributed by atoms with Crippen molar-refractivity contribution in [1.29, 1.82) is 0 Å². The van der Waals surface area contributed by atoms with Gasteiger partial charge >= 0.3 is 0 Å². The molecule has 0 aromatic carbocycles. The molecule has 2 unspecified atom stereocenters. The molecule has 0 aliphatic carbocycles. The fourth-order valence-corrected chi connectivity index (χ4v) is 5.46. The highest BCUT2D eigenvalue weighted by Crippen LogP contribution is 2.43. The second kappa shape index (κ2) is 6.87. The highest BCUT2D eigenvalue weighted by Gasteiger charge is 2.50. The van der Waals surface area contributed by atoms with Crippen molar-refractivity contribution in [2.24, 2.45) is 0 Å². The van der Waals surface area contributed by atoms with Crippen molar-refractivity contribution in [3.05, 3.63) is 53.5 Å². The van der Waals surface area contributed by atoms with Gasteiger partial charge in [0.1, 0.15) is 5.82 Å². The van der Waals surface area contributed by atoms with E-state index >= 15 is 0 Å². The van der Waals surface area contributed by atoms with E-state index in [0.717, 1.165) is 35.1 Å². The lowest BCUT2D eigenvalue weighted by atomic mass is 9.85. The van der Waals surface area contributed by atoms with Crippen LogP contribution in [0.4, 0.5) is 0 Å². The van der Waals surface area contributed by atoms with Gasteiger partial charge in [-0.15, -0.1) is 0 Å². The molecule has 3 aromatic rings. The zero-order chi connectivity index (χ0) is 21.0. The first-order valence-corrected chi connectivity index (χ1v) is 10.6. The zero-order valence-electron chi connectivity index (χ0n) is 17.7. The Balaban J connectivity index is 1.40. The van der Waals surface area contributed by atoms with E-state index in [4.69, 9.17) is 0 Å². The minimum Gasteiger partial charge on any atom is -0.388 e. The largest absolute Gasteiger partial charge is 0.388 e. The minimum atomic E-state index is -0.839. The molecule has 2 aliphatic rings. The molecular formula is C23H27N5O2. The SMILES string of the molecule is Cc1ncc(C(=O)N2C3CCC2CC(O)(Cn2c(C)cc4ccncc42)C3)c(C)n1. The van der Waals surface area contributed by atoms with Crippen molar-refractivity contribution >= 4 is 16.8 Å². The van der Waals surface area contributed by atoms with Crippen LogP contribution >= 0.6 is 0 Å². The summed E-state index contributed by atoms with van der Waals surface area (Å²) in [5.41, 5.74) is 2.61. The van der Waals surface area contributed by atoms with Gasteiger partial charge < -0.3 is 14.6 Å². The lowest BCUT2D eigenvalue weighted by Gasteiger charge is -2.44. The molecule has 7 heteroatoms. The summed E-state index contributed by atoms with van der Waals surface area (Å²) >= 11 is 0. The normalized spacial score (nSPS) is 25.8. The van der Waals surface area contributed by atoms with Gasteiger partial charge in [-0.2, -0.15) is 0 Å². The number of carbonyl (C=O) groups excluding carboxylic acids is 1. The van der Waals surface area contributed by atoms with Crippen molar-refractivity contribution in [2.45, 2.75) is 70.7 Å². The van der Waals surface area contributed by atoms with E-state index in [9.17, 15) is 9.90 Å². The predicted octanol–water partition coefficient (Wildman–Crippen LogP) is 2.95. The second-order valence-corrected chi connectivity index (χ2v) is 8.95. The maximum atomic E-state index is 13.3. The number of fused-ring (bicyclic) bond motifs is 3. The smallest absolute Gasteiger partial charge is 0.257 e. The third kappa shape index (κ3) is 3.08. The van der Waals surface area contributed by atoms with Gasteiger partial charge in [0.25, 0.3) is 5.91 Å². The van der Waals surface area contributed by atoms with E-state index in [0.29, 0.717) is 30.8 Å². The number of hydrogen-bond donors (Lipinski definition) is 1. The van der Waals surface area contributed by atoms with Crippen LogP contribution in [-0.2, 0) is 6.54 Å². The van der Waals surface area contributed by atoms with Gasteiger partial charge in [0.05, 0.1) is 35.1 Å². The number of hydrogen-bond acceptors (Lipinski definition) is 5. The number of rotatable bonds is 3. The highest BCUT2D eigenvalue weighted by molar-refractivity contribution is 5.95. The number of nitrogens with zero attached hydrogens (tertiary/aromatic N) is 5. The fourth-order valence-electron chi connectivity index (χ4n) is 5.46. The topological polar surface area (TPSA) is 84.1 Å². The molecule has 0 saturated carbocycles. The summed E-state index contributed by atoms with van der Waals surface area (Å²) in [6.07, 6.45) is 8.32. The van der Waals surface area contributed by atoms with Crippen LogP contribution in [0.5, 0.6) is 0 Å². The fraction of sp³-hybridized carbons (Fsp3) is 0.478. The Morgan fingerprint density at radius 3 is 2.63 bits per heavy atom. The van der Waals surface area contributed by atoms with E-state index in [-0.39, 0.29) is 18.0 Å². The van der Waals surface area contributed by atoms with Gasteiger partial charge in [0.15, 0.2) is 0 Å². The summed E-state index contributed by atoms with van der Waals surface area (Å²) in [5, 5.41) is 12.7. The summed E-state index contributed by atoms with van der Waals surface area (Å²) in [6, 6.07) is 4.22. The Morgan fingerprint density at radius 2 is 1.93 bits per heavy atom. The summed E-state index contributed by atoms with van der Waals surface area (Å²) < 4.78 is 2.16. The number of amides is 1. The summed E-state index contributed by atoms with van der Waals surface area (Å²) in [7, 11) is 0. The molecule has 5 rings (SSSR count). The molecule has 7 nitrogen and oxygen atoms in total. The van der Waals surface area contributed by atoms with Crippen LogP contribution < -0.4 is 0 Å². The van der Waals surface area contributed by atoms with Gasteiger partial charge in [-0.1, -0.05) is 0 Å². The maximum Gasteiger partial charge on any atom is 0.257 e. The quantitative estimate of drug-likeness (QED) is 0.724. The number of pyridine rings is 1. The van der Waals surface area contributed by atoms with Crippen LogP contribution in [0.1, 0.15) is 53.3 Å².